The minimum atomic E-state index is -4.44. The average molecular weight is 483 g/mol. The molecule has 0 atom stereocenters. The van der Waals surface area contributed by atoms with Gasteiger partial charge >= 0.3 is 12.1 Å². The van der Waals surface area contributed by atoms with Crippen LogP contribution in [0, 0.1) is 16.7 Å². The number of esters is 1. The summed E-state index contributed by atoms with van der Waals surface area (Å²) >= 11 is 0. The third kappa shape index (κ3) is 6.38. The first kappa shape index (κ1) is 25.8. The first-order valence-electron chi connectivity index (χ1n) is 11.0. The van der Waals surface area contributed by atoms with Crippen molar-refractivity contribution in [2.24, 2.45) is 5.41 Å². The third-order valence-electron chi connectivity index (χ3n) is 5.29. The van der Waals surface area contributed by atoms with Gasteiger partial charge in [-0.05, 0) is 55.3 Å². The maximum Gasteiger partial charge on any atom is 0.416 e. The topological polar surface area (TPSA) is 72.2 Å². The highest BCUT2D eigenvalue weighted by Gasteiger charge is 2.34. The fraction of sp³-hybridized carbons (Fsp3) is 0.296. The minimum Gasteiger partial charge on any atom is -0.492 e. The zero-order chi connectivity index (χ0) is 25.6. The Morgan fingerprint density at radius 2 is 1.83 bits per heavy atom. The molecular weight excluding hydrogens is 457 g/mol. The predicted molar refractivity (Wildman–Crippen MR) is 125 cm³/mol. The summed E-state index contributed by atoms with van der Waals surface area (Å²) in [6, 6.07) is 15.6. The molecule has 8 heteroatoms. The molecule has 0 fully saturated rings. The van der Waals surface area contributed by atoms with Crippen LogP contribution >= 0.6 is 0 Å². The van der Waals surface area contributed by atoms with Gasteiger partial charge in [-0.1, -0.05) is 32.0 Å². The van der Waals surface area contributed by atoms with Crippen LogP contribution in [0.3, 0.4) is 0 Å². The standard InChI is InChI=1S/C27H25F3N2O3/c1-4-34-25(33)21-9-7-13-32-24(21)18-11-12-23(20(14-18)16-31)35-17-26(2,3)15-19-8-5-6-10-22(19)27(28,29)30/h5-14H,4,15,17H2,1-3H3. The van der Waals surface area contributed by atoms with Crippen LogP contribution in [0.15, 0.2) is 60.8 Å². The van der Waals surface area contributed by atoms with Gasteiger partial charge in [-0.3, -0.25) is 4.98 Å². The molecule has 0 bridgehead atoms. The van der Waals surface area contributed by atoms with Gasteiger partial charge in [0, 0.05) is 17.2 Å². The second kappa shape index (κ2) is 10.6. The average Bonchev–Trinajstić information content (AvgIpc) is 2.82. The number of nitrogens with zero attached hydrogens (tertiary/aromatic N) is 2. The Balaban J connectivity index is 1.81. The van der Waals surface area contributed by atoms with Crippen molar-refractivity contribution in [1.29, 1.82) is 5.26 Å². The van der Waals surface area contributed by atoms with E-state index in [9.17, 15) is 23.2 Å². The van der Waals surface area contributed by atoms with Crippen LogP contribution in [0.5, 0.6) is 5.75 Å². The third-order valence-corrected chi connectivity index (χ3v) is 5.29. The summed E-state index contributed by atoms with van der Waals surface area (Å²) in [6.45, 7) is 5.62. The normalized spacial score (nSPS) is 11.6. The molecule has 0 radical (unpaired) electrons. The number of hydrogen-bond acceptors (Lipinski definition) is 5. The predicted octanol–water partition coefficient (Wildman–Crippen LogP) is 6.46. The van der Waals surface area contributed by atoms with Gasteiger partial charge in [-0.15, -0.1) is 0 Å². The number of ether oxygens (including phenoxy) is 2. The molecule has 0 N–H and O–H groups in total. The molecule has 3 aromatic rings. The van der Waals surface area contributed by atoms with Crippen molar-refractivity contribution in [3.63, 3.8) is 0 Å². The Kier molecular flexibility index (Phi) is 7.80. The molecule has 1 aromatic heterocycles. The number of carbonyl (C=O) groups excluding carboxylic acids is 1. The van der Waals surface area contributed by atoms with Crippen molar-refractivity contribution >= 4 is 5.97 Å². The monoisotopic (exact) mass is 482 g/mol. The summed E-state index contributed by atoms with van der Waals surface area (Å²) in [5.41, 5.74) is 0.277. The number of aromatic nitrogens is 1. The van der Waals surface area contributed by atoms with E-state index in [0.29, 0.717) is 17.0 Å². The molecule has 1 heterocycles. The molecule has 0 saturated heterocycles. The largest absolute Gasteiger partial charge is 0.492 e. The molecule has 0 spiro atoms. The fourth-order valence-electron chi connectivity index (χ4n) is 3.69. The second-order valence-corrected chi connectivity index (χ2v) is 8.73. The molecule has 2 aromatic carbocycles. The van der Waals surface area contributed by atoms with Gasteiger partial charge in [-0.25, -0.2) is 4.79 Å². The van der Waals surface area contributed by atoms with Crippen molar-refractivity contribution in [1.82, 2.24) is 4.98 Å². The van der Waals surface area contributed by atoms with E-state index < -0.39 is 23.1 Å². The molecule has 0 unspecified atom stereocenters. The molecule has 0 aliphatic carbocycles. The second-order valence-electron chi connectivity index (χ2n) is 8.73. The summed E-state index contributed by atoms with van der Waals surface area (Å²) in [4.78, 5) is 16.6. The zero-order valence-corrected chi connectivity index (χ0v) is 19.6. The number of pyridine rings is 1. The SMILES string of the molecule is CCOC(=O)c1cccnc1-c1ccc(OCC(C)(C)Cc2ccccc2C(F)(F)F)c(C#N)c1. The Labute approximate surface area is 202 Å². The lowest BCUT2D eigenvalue weighted by Crippen LogP contribution is -2.25. The van der Waals surface area contributed by atoms with E-state index in [2.05, 4.69) is 11.1 Å². The van der Waals surface area contributed by atoms with Gasteiger partial charge in [0.1, 0.15) is 11.8 Å². The molecule has 0 saturated carbocycles. The molecule has 0 amide bonds. The summed E-state index contributed by atoms with van der Waals surface area (Å²) in [7, 11) is 0. The molecule has 0 aliphatic rings. The minimum absolute atomic E-state index is 0.0882. The Hall–Kier alpha value is -3.86. The van der Waals surface area contributed by atoms with E-state index in [4.69, 9.17) is 9.47 Å². The first-order valence-corrected chi connectivity index (χ1v) is 11.0. The lowest BCUT2D eigenvalue weighted by molar-refractivity contribution is -0.138. The van der Waals surface area contributed by atoms with E-state index in [0.717, 1.165) is 6.07 Å². The van der Waals surface area contributed by atoms with Gasteiger partial charge in [0.2, 0.25) is 0 Å². The molecule has 0 aliphatic heterocycles. The van der Waals surface area contributed by atoms with Gasteiger partial charge in [0.05, 0.1) is 35.6 Å². The van der Waals surface area contributed by atoms with E-state index in [-0.39, 0.29) is 36.3 Å². The molecule has 3 rings (SSSR count). The van der Waals surface area contributed by atoms with Crippen molar-refractivity contribution < 1.29 is 27.4 Å². The van der Waals surface area contributed by atoms with Crippen LogP contribution in [0.4, 0.5) is 13.2 Å². The number of nitriles is 1. The summed E-state index contributed by atoms with van der Waals surface area (Å²) < 4.78 is 51.1. The summed E-state index contributed by atoms with van der Waals surface area (Å²) in [5, 5.41) is 9.68. The summed E-state index contributed by atoms with van der Waals surface area (Å²) in [6.07, 6.45) is -2.76. The van der Waals surface area contributed by atoms with Crippen molar-refractivity contribution in [3.05, 3.63) is 83.0 Å². The summed E-state index contributed by atoms with van der Waals surface area (Å²) in [5.74, 6) is -0.225. The maximum atomic E-state index is 13.4. The van der Waals surface area contributed by atoms with E-state index in [1.54, 1.807) is 57.2 Å². The molecule has 35 heavy (non-hydrogen) atoms. The number of rotatable bonds is 8. The highest BCUT2D eigenvalue weighted by atomic mass is 19.4. The van der Waals surface area contributed by atoms with Crippen LogP contribution in [0.1, 0.15) is 47.8 Å². The lowest BCUT2D eigenvalue weighted by atomic mass is 9.85. The zero-order valence-electron chi connectivity index (χ0n) is 19.6. The van der Waals surface area contributed by atoms with E-state index in [1.165, 1.54) is 18.3 Å². The molecule has 5 nitrogen and oxygen atoms in total. The number of benzene rings is 2. The van der Waals surface area contributed by atoms with Crippen LogP contribution in [-0.4, -0.2) is 24.2 Å². The highest BCUT2D eigenvalue weighted by molar-refractivity contribution is 5.96. The van der Waals surface area contributed by atoms with Crippen LogP contribution < -0.4 is 4.74 Å². The molecule has 182 valence electrons. The van der Waals surface area contributed by atoms with Crippen LogP contribution in [0.25, 0.3) is 11.3 Å². The van der Waals surface area contributed by atoms with Crippen molar-refractivity contribution in [2.45, 2.75) is 33.4 Å². The van der Waals surface area contributed by atoms with Crippen LogP contribution in [0.2, 0.25) is 0 Å². The van der Waals surface area contributed by atoms with Gasteiger partial charge in [0.15, 0.2) is 0 Å². The van der Waals surface area contributed by atoms with E-state index in [1.807, 2.05) is 0 Å². The maximum absolute atomic E-state index is 13.4. The number of halogens is 3. The molecular formula is C27H25F3N2O3. The Morgan fingerprint density at radius 1 is 1.09 bits per heavy atom. The fourth-order valence-corrected chi connectivity index (χ4v) is 3.69. The van der Waals surface area contributed by atoms with Crippen LogP contribution in [-0.2, 0) is 17.3 Å². The van der Waals surface area contributed by atoms with Gasteiger partial charge in [-0.2, -0.15) is 18.4 Å². The number of alkyl halides is 3. The number of hydrogen-bond donors (Lipinski definition) is 0. The van der Waals surface area contributed by atoms with Gasteiger partial charge in [0.25, 0.3) is 0 Å². The van der Waals surface area contributed by atoms with E-state index >= 15 is 0 Å². The Bertz CT molecular complexity index is 1250. The quantitative estimate of drug-likeness (QED) is 0.345. The first-order chi connectivity index (χ1) is 16.6. The van der Waals surface area contributed by atoms with Gasteiger partial charge < -0.3 is 9.47 Å². The highest BCUT2D eigenvalue weighted by Crippen LogP contribution is 2.35. The van der Waals surface area contributed by atoms with Crippen molar-refractivity contribution in [2.75, 3.05) is 13.2 Å². The lowest BCUT2D eigenvalue weighted by Gasteiger charge is -2.26. The Morgan fingerprint density at radius 3 is 2.51 bits per heavy atom. The number of carbonyl (C=O) groups is 1. The smallest absolute Gasteiger partial charge is 0.416 e. The van der Waals surface area contributed by atoms with Crippen molar-refractivity contribution in [3.8, 4) is 23.1 Å².